The van der Waals surface area contributed by atoms with Crippen LogP contribution in [0.5, 0.6) is 0 Å². The lowest BCUT2D eigenvalue weighted by Gasteiger charge is -2.20. The Morgan fingerprint density at radius 3 is 1.40 bits per heavy atom. The van der Waals surface area contributed by atoms with Crippen LogP contribution in [0.4, 0.5) is 0 Å². The number of rotatable bonds is 1. The molecule has 0 amide bonds. The van der Waals surface area contributed by atoms with Crippen molar-refractivity contribution in [2.75, 3.05) is 0 Å². The SMILES string of the molecule is CC(C)(C)c1ccc2c(c1)C(=Cc1cc(Br)cc(Br)c1)c1cc(C(C)(C)C)ccc1-2. The molecule has 1 aliphatic rings. The van der Waals surface area contributed by atoms with Crippen molar-refractivity contribution in [3.63, 3.8) is 0 Å². The quantitative estimate of drug-likeness (QED) is 0.233. The topological polar surface area (TPSA) is 0 Å². The lowest BCUT2D eigenvalue weighted by Crippen LogP contribution is -2.11. The van der Waals surface area contributed by atoms with E-state index < -0.39 is 0 Å². The predicted octanol–water partition coefficient (Wildman–Crippen LogP) is 9.38. The summed E-state index contributed by atoms with van der Waals surface area (Å²) in [5, 5.41) is 0. The van der Waals surface area contributed by atoms with E-state index in [0.29, 0.717) is 0 Å². The minimum atomic E-state index is 0.115. The van der Waals surface area contributed by atoms with E-state index in [0.717, 1.165) is 8.95 Å². The first-order valence-corrected chi connectivity index (χ1v) is 12.0. The molecule has 0 saturated heterocycles. The summed E-state index contributed by atoms with van der Waals surface area (Å²) in [6, 6.07) is 20.4. The van der Waals surface area contributed by atoms with Crippen LogP contribution in [0.2, 0.25) is 0 Å². The lowest BCUT2D eigenvalue weighted by atomic mass is 9.84. The number of halogens is 2. The van der Waals surface area contributed by atoms with Crippen molar-refractivity contribution in [3.05, 3.63) is 91.4 Å². The summed E-state index contributed by atoms with van der Waals surface area (Å²) in [7, 11) is 0. The zero-order chi connectivity index (χ0) is 21.8. The fourth-order valence-electron chi connectivity index (χ4n) is 4.06. The van der Waals surface area contributed by atoms with Crippen LogP contribution in [0.3, 0.4) is 0 Å². The molecule has 0 atom stereocenters. The van der Waals surface area contributed by atoms with E-state index in [4.69, 9.17) is 0 Å². The Balaban J connectivity index is 1.99. The molecule has 0 aromatic heterocycles. The van der Waals surface area contributed by atoms with Crippen molar-refractivity contribution < 1.29 is 0 Å². The van der Waals surface area contributed by atoms with Crippen molar-refractivity contribution in [2.24, 2.45) is 0 Å². The molecule has 3 aromatic rings. The van der Waals surface area contributed by atoms with Gasteiger partial charge in [-0.2, -0.15) is 0 Å². The summed E-state index contributed by atoms with van der Waals surface area (Å²) >= 11 is 7.28. The van der Waals surface area contributed by atoms with Crippen molar-refractivity contribution in [2.45, 2.75) is 52.4 Å². The maximum Gasteiger partial charge on any atom is 0.0192 e. The van der Waals surface area contributed by atoms with Gasteiger partial charge in [0.15, 0.2) is 0 Å². The van der Waals surface area contributed by atoms with E-state index in [1.807, 2.05) is 0 Å². The average molecular weight is 524 g/mol. The highest BCUT2D eigenvalue weighted by atomic mass is 79.9. The van der Waals surface area contributed by atoms with Crippen LogP contribution in [-0.4, -0.2) is 0 Å². The smallest absolute Gasteiger partial charge is 0.0192 e. The third-order valence-electron chi connectivity index (χ3n) is 5.84. The molecule has 3 aromatic carbocycles. The van der Waals surface area contributed by atoms with Crippen molar-refractivity contribution in [1.29, 1.82) is 0 Å². The molecule has 0 spiro atoms. The van der Waals surface area contributed by atoms with Gasteiger partial charge in [-0.25, -0.2) is 0 Å². The molecule has 0 bridgehead atoms. The van der Waals surface area contributed by atoms with E-state index >= 15 is 0 Å². The highest BCUT2D eigenvalue weighted by molar-refractivity contribution is 9.11. The minimum Gasteiger partial charge on any atom is -0.0578 e. The van der Waals surface area contributed by atoms with Gasteiger partial charge >= 0.3 is 0 Å². The fourth-order valence-corrected chi connectivity index (χ4v) is 5.39. The van der Waals surface area contributed by atoms with Crippen LogP contribution in [-0.2, 0) is 10.8 Å². The second kappa shape index (κ2) is 7.50. The van der Waals surface area contributed by atoms with Gasteiger partial charge in [-0.05, 0) is 91.8 Å². The molecule has 0 aliphatic heterocycles. The molecule has 1 aliphatic carbocycles. The summed E-state index contributed by atoms with van der Waals surface area (Å²) in [6.45, 7) is 13.7. The summed E-state index contributed by atoms with van der Waals surface area (Å²) in [4.78, 5) is 0. The minimum absolute atomic E-state index is 0.115. The Hall–Kier alpha value is -1.64. The highest BCUT2D eigenvalue weighted by Gasteiger charge is 2.27. The van der Waals surface area contributed by atoms with Gasteiger partial charge in [-0.1, -0.05) is 97.7 Å². The van der Waals surface area contributed by atoms with E-state index in [1.165, 1.54) is 44.5 Å². The number of hydrogen-bond acceptors (Lipinski definition) is 0. The summed E-state index contributed by atoms with van der Waals surface area (Å²) < 4.78 is 2.16. The molecule has 154 valence electrons. The molecule has 0 N–H and O–H groups in total. The van der Waals surface area contributed by atoms with Crippen LogP contribution in [0.1, 0.15) is 69.4 Å². The Bertz CT molecular complexity index is 1080. The zero-order valence-corrected chi connectivity index (χ0v) is 21.7. The largest absolute Gasteiger partial charge is 0.0578 e. The van der Waals surface area contributed by atoms with E-state index in [-0.39, 0.29) is 10.8 Å². The molecule has 0 saturated carbocycles. The maximum absolute atomic E-state index is 3.64. The van der Waals surface area contributed by atoms with E-state index in [2.05, 4.69) is 134 Å². The zero-order valence-electron chi connectivity index (χ0n) is 18.5. The summed E-state index contributed by atoms with van der Waals surface area (Å²) in [6.07, 6.45) is 2.33. The van der Waals surface area contributed by atoms with Crippen LogP contribution in [0, 0.1) is 0 Å². The molecular formula is C28H28Br2. The second-order valence-corrected chi connectivity index (χ2v) is 12.1. The number of fused-ring (bicyclic) bond motifs is 3. The molecule has 0 nitrogen and oxygen atoms in total. The molecular weight excluding hydrogens is 496 g/mol. The van der Waals surface area contributed by atoms with E-state index in [1.54, 1.807) is 0 Å². The Kier molecular flexibility index (Phi) is 5.39. The molecule has 0 heterocycles. The standard InChI is InChI=1S/C28H28Br2/c1-27(2,3)18-7-9-22-23-10-8-19(28(4,5)6)15-26(23)24(25(22)14-18)13-17-11-20(29)16-21(30)12-17/h7-16H,1-6H3. The third-order valence-corrected chi connectivity index (χ3v) is 6.75. The van der Waals surface area contributed by atoms with Crippen molar-refractivity contribution in [3.8, 4) is 11.1 Å². The third kappa shape index (κ3) is 4.09. The fraction of sp³-hybridized carbons (Fsp3) is 0.286. The molecule has 0 fully saturated rings. The van der Waals surface area contributed by atoms with Gasteiger partial charge in [0, 0.05) is 8.95 Å². The molecule has 30 heavy (non-hydrogen) atoms. The summed E-state index contributed by atoms with van der Waals surface area (Å²) in [5.74, 6) is 0. The predicted molar refractivity (Wildman–Crippen MR) is 138 cm³/mol. The average Bonchev–Trinajstić information content (AvgIpc) is 2.92. The first-order chi connectivity index (χ1) is 13.9. The molecule has 2 heteroatoms. The van der Waals surface area contributed by atoms with Crippen LogP contribution >= 0.6 is 31.9 Å². The Labute approximate surface area is 197 Å². The van der Waals surface area contributed by atoms with Gasteiger partial charge < -0.3 is 0 Å². The van der Waals surface area contributed by atoms with Crippen LogP contribution < -0.4 is 0 Å². The Morgan fingerprint density at radius 1 is 0.567 bits per heavy atom. The monoisotopic (exact) mass is 522 g/mol. The number of benzene rings is 3. The molecule has 4 rings (SSSR count). The normalized spacial score (nSPS) is 13.3. The van der Waals surface area contributed by atoms with Crippen molar-refractivity contribution in [1.82, 2.24) is 0 Å². The first kappa shape index (κ1) is 21.6. The van der Waals surface area contributed by atoms with Crippen LogP contribution in [0.15, 0.2) is 63.5 Å². The van der Waals surface area contributed by atoms with E-state index in [9.17, 15) is 0 Å². The van der Waals surface area contributed by atoms with Gasteiger partial charge in [-0.3, -0.25) is 0 Å². The molecule has 0 radical (unpaired) electrons. The van der Waals surface area contributed by atoms with Gasteiger partial charge in [0.2, 0.25) is 0 Å². The first-order valence-electron chi connectivity index (χ1n) is 10.4. The highest BCUT2D eigenvalue weighted by Crippen LogP contribution is 2.47. The lowest BCUT2D eigenvalue weighted by molar-refractivity contribution is 0.590. The Morgan fingerprint density at radius 2 is 1.00 bits per heavy atom. The van der Waals surface area contributed by atoms with Gasteiger partial charge in [-0.15, -0.1) is 0 Å². The number of hydrogen-bond donors (Lipinski definition) is 0. The summed E-state index contributed by atoms with van der Waals surface area (Å²) in [5.41, 5.74) is 10.8. The molecule has 0 unspecified atom stereocenters. The van der Waals surface area contributed by atoms with Gasteiger partial charge in [0.1, 0.15) is 0 Å². The van der Waals surface area contributed by atoms with Crippen LogP contribution in [0.25, 0.3) is 22.8 Å². The van der Waals surface area contributed by atoms with Gasteiger partial charge in [0.05, 0.1) is 0 Å². The second-order valence-electron chi connectivity index (χ2n) is 10.3. The maximum atomic E-state index is 3.64. The van der Waals surface area contributed by atoms with Crippen molar-refractivity contribution >= 4 is 43.5 Å². The van der Waals surface area contributed by atoms with Gasteiger partial charge in [0.25, 0.3) is 0 Å².